The molecule has 25 heavy (non-hydrogen) atoms. The summed E-state index contributed by atoms with van der Waals surface area (Å²) < 4.78 is 2.08. The summed E-state index contributed by atoms with van der Waals surface area (Å²) in [7, 11) is 0. The summed E-state index contributed by atoms with van der Waals surface area (Å²) in [6.07, 6.45) is 7.50. The third-order valence-corrected chi connectivity index (χ3v) is 4.95. The minimum absolute atomic E-state index is 0.0198. The molecule has 0 radical (unpaired) electrons. The minimum atomic E-state index is -0.277. The van der Waals surface area contributed by atoms with Crippen molar-refractivity contribution < 1.29 is 9.59 Å². The molecular formula is C18H21N5O2. The molecule has 4 rings (SSSR count). The number of imidazole rings is 1. The maximum absolute atomic E-state index is 12.6. The lowest BCUT2D eigenvalue weighted by Crippen LogP contribution is -2.44. The van der Waals surface area contributed by atoms with E-state index in [0.717, 1.165) is 30.9 Å². The molecule has 0 aliphatic carbocycles. The van der Waals surface area contributed by atoms with E-state index < -0.39 is 0 Å². The average Bonchev–Trinajstić information content (AvgIpc) is 3.22. The largest absolute Gasteiger partial charge is 0.351 e. The zero-order chi connectivity index (χ0) is 17.2. The minimum Gasteiger partial charge on any atom is -0.351 e. The molecule has 0 unspecified atom stereocenters. The van der Waals surface area contributed by atoms with Crippen molar-refractivity contribution in [2.24, 2.45) is 5.92 Å². The van der Waals surface area contributed by atoms with Crippen LogP contribution in [0, 0.1) is 5.92 Å². The highest BCUT2D eigenvalue weighted by Crippen LogP contribution is 2.21. The van der Waals surface area contributed by atoms with Crippen molar-refractivity contribution in [1.82, 2.24) is 24.8 Å². The summed E-state index contributed by atoms with van der Waals surface area (Å²) >= 11 is 0. The van der Waals surface area contributed by atoms with E-state index in [9.17, 15) is 9.59 Å². The number of nitrogens with one attached hydrogen (secondary N) is 1. The molecule has 0 saturated carbocycles. The second-order valence-corrected chi connectivity index (χ2v) is 6.74. The number of hydrogen-bond donors (Lipinski definition) is 1. The van der Waals surface area contributed by atoms with Gasteiger partial charge < -0.3 is 14.8 Å². The van der Waals surface area contributed by atoms with Crippen molar-refractivity contribution in [2.45, 2.75) is 38.4 Å². The van der Waals surface area contributed by atoms with E-state index >= 15 is 0 Å². The molecule has 4 heterocycles. The lowest BCUT2D eigenvalue weighted by molar-refractivity contribution is -0.129. The maximum Gasteiger partial charge on any atom is 0.225 e. The van der Waals surface area contributed by atoms with Gasteiger partial charge in [-0.25, -0.2) is 4.98 Å². The SMILES string of the molecule is O=C(N[C@@H]1CCc2nccn2C1)[C@@H]1CC(=O)N(Cc2ccccn2)C1. The average molecular weight is 339 g/mol. The molecule has 2 aromatic rings. The fourth-order valence-corrected chi connectivity index (χ4v) is 3.59. The van der Waals surface area contributed by atoms with E-state index in [-0.39, 0.29) is 30.2 Å². The first kappa shape index (κ1) is 15.8. The number of pyridine rings is 1. The smallest absolute Gasteiger partial charge is 0.225 e. The zero-order valence-corrected chi connectivity index (χ0v) is 14.0. The quantitative estimate of drug-likeness (QED) is 0.892. The first-order valence-corrected chi connectivity index (χ1v) is 8.67. The van der Waals surface area contributed by atoms with Crippen molar-refractivity contribution in [1.29, 1.82) is 0 Å². The molecule has 2 aliphatic heterocycles. The van der Waals surface area contributed by atoms with E-state index in [1.807, 2.05) is 24.4 Å². The molecule has 0 bridgehead atoms. The highest BCUT2D eigenvalue weighted by molar-refractivity contribution is 5.89. The summed E-state index contributed by atoms with van der Waals surface area (Å²) in [6, 6.07) is 5.75. The standard InChI is InChI=1S/C18H21N5O2/c24-17-9-13(10-23(17)11-14-3-1-2-6-19-14)18(25)21-15-4-5-16-20-7-8-22(16)12-15/h1-3,6-8,13,15H,4-5,9-12H2,(H,21,25)/t13-,15-/m1/s1. The number of likely N-dealkylation sites (tertiary alicyclic amines) is 1. The first-order valence-electron chi connectivity index (χ1n) is 8.67. The van der Waals surface area contributed by atoms with Gasteiger partial charge in [0, 0.05) is 50.6 Å². The lowest BCUT2D eigenvalue weighted by atomic mass is 10.0. The van der Waals surface area contributed by atoms with Crippen molar-refractivity contribution in [3.05, 3.63) is 48.3 Å². The number of aromatic nitrogens is 3. The third-order valence-electron chi connectivity index (χ3n) is 4.95. The van der Waals surface area contributed by atoms with E-state index in [1.165, 1.54) is 0 Å². The van der Waals surface area contributed by atoms with Crippen LogP contribution in [0.4, 0.5) is 0 Å². The number of carbonyl (C=O) groups excluding carboxylic acids is 2. The van der Waals surface area contributed by atoms with Crippen molar-refractivity contribution in [2.75, 3.05) is 6.54 Å². The second kappa shape index (κ2) is 6.66. The number of fused-ring (bicyclic) bond motifs is 1. The van der Waals surface area contributed by atoms with Crippen LogP contribution in [0.3, 0.4) is 0 Å². The Morgan fingerprint density at radius 2 is 2.16 bits per heavy atom. The van der Waals surface area contributed by atoms with Crippen molar-refractivity contribution in [3.8, 4) is 0 Å². The van der Waals surface area contributed by atoms with Crippen LogP contribution in [0.5, 0.6) is 0 Å². The van der Waals surface area contributed by atoms with E-state index in [1.54, 1.807) is 17.3 Å². The van der Waals surface area contributed by atoms with E-state index in [0.29, 0.717) is 13.1 Å². The molecule has 2 aromatic heterocycles. The van der Waals surface area contributed by atoms with Gasteiger partial charge in [0.15, 0.2) is 0 Å². The van der Waals surface area contributed by atoms with Gasteiger partial charge in [-0.2, -0.15) is 0 Å². The van der Waals surface area contributed by atoms with Gasteiger partial charge >= 0.3 is 0 Å². The fourth-order valence-electron chi connectivity index (χ4n) is 3.59. The van der Waals surface area contributed by atoms with Gasteiger partial charge in [0.05, 0.1) is 18.2 Å². The number of nitrogens with zero attached hydrogens (tertiary/aromatic N) is 4. The van der Waals surface area contributed by atoms with Crippen LogP contribution < -0.4 is 5.32 Å². The molecule has 130 valence electrons. The normalized spacial score (nSPS) is 22.7. The third kappa shape index (κ3) is 3.40. The Morgan fingerprint density at radius 1 is 1.24 bits per heavy atom. The van der Waals surface area contributed by atoms with Crippen LogP contribution in [-0.2, 0) is 29.1 Å². The molecule has 1 fully saturated rings. The number of aryl methyl sites for hydroxylation is 1. The summed E-state index contributed by atoms with van der Waals surface area (Å²) in [4.78, 5) is 35.1. The Morgan fingerprint density at radius 3 is 3.00 bits per heavy atom. The Hall–Kier alpha value is -2.70. The summed E-state index contributed by atoms with van der Waals surface area (Å²) in [6.45, 7) is 1.68. The van der Waals surface area contributed by atoms with Crippen LogP contribution >= 0.6 is 0 Å². The maximum atomic E-state index is 12.6. The molecule has 2 atom stereocenters. The van der Waals surface area contributed by atoms with E-state index in [2.05, 4.69) is 19.9 Å². The zero-order valence-electron chi connectivity index (χ0n) is 14.0. The summed E-state index contributed by atoms with van der Waals surface area (Å²) in [5.41, 5.74) is 0.844. The Bertz CT molecular complexity index is 773. The van der Waals surface area contributed by atoms with Crippen LogP contribution in [0.2, 0.25) is 0 Å². The van der Waals surface area contributed by atoms with Gasteiger partial charge in [-0.3, -0.25) is 14.6 Å². The predicted octanol–water partition coefficient (Wildman–Crippen LogP) is 0.758. The topological polar surface area (TPSA) is 80.1 Å². The van der Waals surface area contributed by atoms with Gasteiger partial charge in [-0.1, -0.05) is 6.07 Å². The van der Waals surface area contributed by atoms with Crippen LogP contribution in [-0.4, -0.2) is 43.8 Å². The van der Waals surface area contributed by atoms with Crippen molar-refractivity contribution in [3.63, 3.8) is 0 Å². The van der Waals surface area contributed by atoms with Gasteiger partial charge in [0.1, 0.15) is 5.82 Å². The van der Waals surface area contributed by atoms with Crippen LogP contribution in [0.15, 0.2) is 36.8 Å². The van der Waals surface area contributed by atoms with Gasteiger partial charge in [-0.15, -0.1) is 0 Å². The summed E-state index contributed by atoms with van der Waals surface area (Å²) in [5.74, 6) is 0.792. The molecule has 7 heteroatoms. The van der Waals surface area contributed by atoms with E-state index in [4.69, 9.17) is 0 Å². The van der Waals surface area contributed by atoms with Crippen LogP contribution in [0.25, 0.3) is 0 Å². The highest BCUT2D eigenvalue weighted by atomic mass is 16.2. The molecule has 7 nitrogen and oxygen atoms in total. The molecule has 2 aliphatic rings. The molecule has 0 aromatic carbocycles. The number of hydrogen-bond acceptors (Lipinski definition) is 4. The summed E-state index contributed by atoms with van der Waals surface area (Å²) in [5, 5.41) is 3.11. The van der Waals surface area contributed by atoms with Crippen LogP contribution in [0.1, 0.15) is 24.4 Å². The Balaban J connectivity index is 1.33. The monoisotopic (exact) mass is 339 g/mol. The predicted molar refractivity (Wildman–Crippen MR) is 90.2 cm³/mol. The molecule has 1 N–H and O–H groups in total. The second-order valence-electron chi connectivity index (χ2n) is 6.74. The highest BCUT2D eigenvalue weighted by Gasteiger charge is 2.35. The molecule has 0 spiro atoms. The molecule has 1 saturated heterocycles. The lowest BCUT2D eigenvalue weighted by Gasteiger charge is -2.26. The molecular weight excluding hydrogens is 318 g/mol. The number of amides is 2. The fraction of sp³-hybridized carbons (Fsp3) is 0.444. The number of carbonyl (C=O) groups is 2. The number of rotatable bonds is 4. The molecule has 2 amide bonds. The van der Waals surface area contributed by atoms with Gasteiger partial charge in [-0.05, 0) is 18.6 Å². The Kier molecular flexibility index (Phi) is 4.21. The van der Waals surface area contributed by atoms with Gasteiger partial charge in [0.2, 0.25) is 11.8 Å². The first-order chi connectivity index (χ1) is 12.2. The van der Waals surface area contributed by atoms with Gasteiger partial charge in [0.25, 0.3) is 0 Å². The van der Waals surface area contributed by atoms with Crippen molar-refractivity contribution >= 4 is 11.8 Å². The Labute approximate surface area is 146 Å².